The van der Waals surface area contributed by atoms with Crippen molar-refractivity contribution in [1.29, 1.82) is 0 Å². The molecule has 0 spiro atoms. The van der Waals surface area contributed by atoms with Crippen molar-refractivity contribution in [2.45, 2.75) is 17.9 Å². The number of ether oxygens (including phenoxy) is 1. The van der Waals surface area contributed by atoms with Crippen LogP contribution in [0, 0.1) is 5.82 Å². The first-order valence-corrected chi connectivity index (χ1v) is 7.20. The Morgan fingerprint density at radius 2 is 1.84 bits per heavy atom. The molecule has 0 fully saturated rings. The van der Waals surface area contributed by atoms with Crippen LogP contribution < -0.4 is 10.5 Å². The molecule has 0 aromatic heterocycles. The van der Waals surface area contributed by atoms with Crippen LogP contribution in [0.1, 0.15) is 18.5 Å². The van der Waals surface area contributed by atoms with Crippen molar-refractivity contribution in [3.05, 3.63) is 53.8 Å². The second kappa shape index (κ2) is 6.08. The molecule has 2 N–H and O–H groups in total. The molecule has 2 nitrogen and oxygen atoms in total. The summed E-state index contributed by atoms with van der Waals surface area (Å²) in [5.74, 6) is 0.797. The summed E-state index contributed by atoms with van der Waals surface area (Å²) < 4.78 is 19.5. The van der Waals surface area contributed by atoms with Gasteiger partial charge in [0.05, 0.1) is 0 Å². The zero-order valence-electron chi connectivity index (χ0n) is 10.9. The molecule has 0 radical (unpaired) electrons. The molecular weight excluding hydrogens is 261 g/mol. The number of halogens is 1. The second-order valence-corrected chi connectivity index (χ2v) is 5.10. The highest BCUT2D eigenvalue weighted by atomic mass is 32.2. The molecule has 0 aliphatic heterocycles. The van der Waals surface area contributed by atoms with Gasteiger partial charge in [-0.15, -0.1) is 11.8 Å². The van der Waals surface area contributed by atoms with E-state index in [1.54, 1.807) is 30.8 Å². The number of benzene rings is 2. The van der Waals surface area contributed by atoms with Crippen LogP contribution in [0.5, 0.6) is 11.5 Å². The fraction of sp³-hybridized carbons (Fsp3) is 0.200. The first-order valence-electron chi connectivity index (χ1n) is 5.97. The van der Waals surface area contributed by atoms with Gasteiger partial charge in [0, 0.05) is 16.5 Å². The molecule has 4 heteroatoms. The number of hydrogen-bond acceptors (Lipinski definition) is 3. The van der Waals surface area contributed by atoms with E-state index in [9.17, 15) is 4.39 Å². The molecule has 2 aromatic rings. The van der Waals surface area contributed by atoms with Crippen molar-refractivity contribution in [2.24, 2.45) is 5.73 Å². The van der Waals surface area contributed by atoms with Crippen LogP contribution in [0.4, 0.5) is 4.39 Å². The van der Waals surface area contributed by atoms with Crippen LogP contribution in [0.3, 0.4) is 0 Å². The van der Waals surface area contributed by atoms with Gasteiger partial charge in [-0.05, 0) is 49.6 Å². The van der Waals surface area contributed by atoms with E-state index in [0.717, 1.165) is 4.90 Å². The summed E-state index contributed by atoms with van der Waals surface area (Å²) >= 11 is 1.66. The van der Waals surface area contributed by atoms with Crippen LogP contribution in [0.2, 0.25) is 0 Å². The molecule has 0 bridgehead atoms. The van der Waals surface area contributed by atoms with E-state index >= 15 is 0 Å². The quantitative estimate of drug-likeness (QED) is 0.843. The highest BCUT2D eigenvalue weighted by molar-refractivity contribution is 7.98. The lowest BCUT2D eigenvalue weighted by Crippen LogP contribution is -2.09. The minimum atomic E-state index is -0.415. The van der Waals surface area contributed by atoms with Gasteiger partial charge in [0.1, 0.15) is 17.3 Å². The summed E-state index contributed by atoms with van der Waals surface area (Å²) in [6.45, 7) is 1.74. The third-order valence-corrected chi connectivity index (χ3v) is 3.50. The normalized spacial score (nSPS) is 12.2. The van der Waals surface area contributed by atoms with Crippen LogP contribution in [-0.4, -0.2) is 6.26 Å². The molecule has 0 unspecified atom stereocenters. The Morgan fingerprint density at radius 3 is 2.42 bits per heavy atom. The summed E-state index contributed by atoms with van der Waals surface area (Å²) in [5, 5.41) is 0. The standard InChI is InChI=1S/C15H16FNOS/c1-10(17)15-13(16)4-3-5-14(15)18-11-6-8-12(19-2)9-7-11/h3-10H,17H2,1-2H3/t10-/m1/s1. The van der Waals surface area contributed by atoms with Crippen LogP contribution in [0.15, 0.2) is 47.4 Å². The summed E-state index contributed by atoms with van der Waals surface area (Å²) in [6.07, 6.45) is 2.01. The zero-order chi connectivity index (χ0) is 13.8. The van der Waals surface area contributed by atoms with E-state index in [0.29, 0.717) is 17.1 Å². The Kier molecular flexibility index (Phi) is 4.45. The third kappa shape index (κ3) is 3.28. The SMILES string of the molecule is CSc1ccc(Oc2cccc(F)c2[C@@H](C)N)cc1. The first kappa shape index (κ1) is 13.9. The maximum absolute atomic E-state index is 13.8. The van der Waals surface area contributed by atoms with Crippen molar-refractivity contribution in [3.8, 4) is 11.5 Å². The monoisotopic (exact) mass is 277 g/mol. The fourth-order valence-corrected chi connectivity index (χ4v) is 2.23. The molecule has 19 heavy (non-hydrogen) atoms. The van der Waals surface area contributed by atoms with E-state index < -0.39 is 6.04 Å². The highest BCUT2D eigenvalue weighted by Crippen LogP contribution is 2.31. The lowest BCUT2D eigenvalue weighted by molar-refractivity contribution is 0.460. The van der Waals surface area contributed by atoms with Gasteiger partial charge in [-0.3, -0.25) is 0 Å². The molecule has 0 aliphatic carbocycles. The number of rotatable bonds is 4. The van der Waals surface area contributed by atoms with Gasteiger partial charge >= 0.3 is 0 Å². The molecule has 1 atom stereocenters. The Labute approximate surface area is 116 Å². The van der Waals surface area contributed by atoms with Crippen LogP contribution in [-0.2, 0) is 0 Å². The van der Waals surface area contributed by atoms with Gasteiger partial charge in [0.2, 0.25) is 0 Å². The van der Waals surface area contributed by atoms with Gasteiger partial charge in [0.25, 0.3) is 0 Å². The lowest BCUT2D eigenvalue weighted by Gasteiger charge is -2.14. The van der Waals surface area contributed by atoms with Crippen molar-refractivity contribution >= 4 is 11.8 Å². The van der Waals surface area contributed by atoms with Crippen LogP contribution >= 0.6 is 11.8 Å². The second-order valence-electron chi connectivity index (χ2n) is 4.22. The van der Waals surface area contributed by atoms with Crippen LogP contribution in [0.25, 0.3) is 0 Å². The number of thioether (sulfide) groups is 1. The van der Waals surface area contributed by atoms with E-state index in [4.69, 9.17) is 10.5 Å². The minimum Gasteiger partial charge on any atom is -0.457 e. The highest BCUT2D eigenvalue weighted by Gasteiger charge is 2.14. The largest absolute Gasteiger partial charge is 0.457 e. The Balaban J connectivity index is 2.29. The van der Waals surface area contributed by atoms with E-state index in [1.165, 1.54) is 6.07 Å². The van der Waals surface area contributed by atoms with Crippen molar-refractivity contribution in [2.75, 3.05) is 6.26 Å². The lowest BCUT2D eigenvalue weighted by atomic mass is 10.1. The minimum absolute atomic E-state index is 0.340. The molecule has 2 aromatic carbocycles. The Bertz CT molecular complexity index is 555. The smallest absolute Gasteiger partial charge is 0.135 e. The molecule has 100 valence electrons. The maximum atomic E-state index is 13.8. The molecule has 0 aliphatic rings. The van der Waals surface area contributed by atoms with Gasteiger partial charge in [-0.25, -0.2) is 4.39 Å². The van der Waals surface area contributed by atoms with Gasteiger partial charge in [-0.2, -0.15) is 0 Å². The third-order valence-electron chi connectivity index (χ3n) is 2.76. The summed E-state index contributed by atoms with van der Waals surface area (Å²) in [4.78, 5) is 1.15. The van der Waals surface area contributed by atoms with E-state index in [-0.39, 0.29) is 5.82 Å². The first-order chi connectivity index (χ1) is 9.11. The number of hydrogen-bond donors (Lipinski definition) is 1. The summed E-state index contributed by atoms with van der Waals surface area (Å²) in [7, 11) is 0. The molecule has 0 saturated heterocycles. The molecular formula is C15H16FNOS. The van der Waals surface area contributed by atoms with Crippen molar-refractivity contribution in [1.82, 2.24) is 0 Å². The van der Waals surface area contributed by atoms with Crippen molar-refractivity contribution in [3.63, 3.8) is 0 Å². The Morgan fingerprint density at radius 1 is 1.16 bits per heavy atom. The maximum Gasteiger partial charge on any atom is 0.135 e. The molecule has 0 heterocycles. The van der Waals surface area contributed by atoms with Gasteiger partial charge in [-0.1, -0.05) is 6.07 Å². The summed E-state index contributed by atoms with van der Waals surface area (Å²) in [6, 6.07) is 12.0. The number of nitrogens with two attached hydrogens (primary N) is 1. The average molecular weight is 277 g/mol. The molecule has 0 amide bonds. The molecule has 0 saturated carbocycles. The zero-order valence-corrected chi connectivity index (χ0v) is 11.7. The average Bonchev–Trinajstić information content (AvgIpc) is 2.39. The van der Waals surface area contributed by atoms with Crippen molar-refractivity contribution < 1.29 is 9.13 Å². The fourth-order valence-electron chi connectivity index (χ4n) is 1.82. The Hall–Kier alpha value is -1.52. The topological polar surface area (TPSA) is 35.2 Å². The predicted octanol–water partition coefficient (Wildman–Crippen LogP) is 4.36. The van der Waals surface area contributed by atoms with E-state index in [2.05, 4.69) is 0 Å². The summed E-state index contributed by atoms with van der Waals surface area (Å²) in [5.41, 5.74) is 6.19. The molecule has 2 rings (SSSR count). The van der Waals surface area contributed by atoms with Gasteiger partial charge in [0.15, 0.2) is 0 Å². The van der Waals surface area contributed by atoms with E-state index in [1.807, 2.05) is 30.5 Å². The van der Waals surface area contributed by atoms with Gasteiger partial charge < -0.3 is 10.5 Å². The predicted molar refractivity (Wildman–Crippen MR) is 77.3 cm³/mol.